The number of nitrogens with zero attached hydrogens (tertiary/aromatic N) is 1. The topological polar surface area (TPSA) is 71.1 Å². The van der Waals surface area contributed by atoms with E-state index in [0.29, 0.717) is 22.0 Å². The average Bonchev–Trinajstić information content (AvgIpc) is 2.79. The molecule has 0 bridgehead atoms. The van der Waals surface area contributed by atoms with Gasteiger partial charge in [0.05, 0.1) is 11.2 Å². The molecule has 2 N–H and O–H groups in total. The summed E-state index contributed by atoms with van der Waals surface area (Å²) in [5.74, 6) is -0.527. The van der Waals surface area contributed by atoms with Crippen LogP contribution >= 0.6 is 11.6 Å². The van der Waals surface area contributed by atoms with E-state index in [1.54, 1.807) is 36.5 Å². The first kappa shape index (κ1) is 20.3. The summed E-state index contributed by atoms with van der Waals surface area (Å²) in [4.78, 5) is 28.7. The lowest BCUT2D eigenvalue weighted by Crippen LogP contribution is -2.12. The van der Waals surface area contributed by atoms with Gasteiger partial charge in [0, 0.05) is 27.9 Å². The number of anilines is 2. The second kappa shape index (κ2) is 8.81. The van der Waals surface area contributed by atoms with Crippen LogP contribution in [0.25, 0.3) is 22.0 Å². The van der Waals surface area contributed by atoms with Crippen molar-refractivity contribution >= 4 is 45.7 Å². The van der Waals surface area contributed by atoms with E-state index in [2.05, 4.69) is 22.2 Å². The van der Waals surface area contributed by atoms with E-state index >= 15 is 0 Å². The van der Waals surface area contributed by atoms with Gasteiger partial charge in [-0.2, -0.15) is 0 Å². The zero-order chi connectivity index (χ0) is 21.8. The number of hydrogen-bond donors (Lipinski definition) is 2. The summed E-state index contributed by atoms with van der Waals surface area (Å²) in [6.07, 6.45) is 2.88. The SMILES string of the molecule is C=CC(=O)Nc1cccc(-c2ccc3nccc(NC(=O)c4cccc(Cl)c4)c3c2)c1. The monoisotopic (exact) mass is 427 g/mol. The minimum Gasteiger partial charge on any atom is -0.323 e. The molecule has 0 atom stereocenters. The van der Waals surface area contributed by atoms with Gasteiger partial charge in [-0.05, 0) is 65.7 Å². The zero-order valence-corrected chi connectivity index (χ0v) is 17.2. The smallest absolute Gasteiger partial charge is 0.255 e. The van der Waals surface area contributed by atoms with E-state index in [0.717, 1.165) is 22.0 Å². The predicted octanol–water partition coefficient (Wildman–Crippen LogP) is 5.93. The number of carbonyl (C=O) groups is 2. The van der Waals surface area contributed by atoms with E-state index in [1.165, 1.54) is 6.08 Å². The van der Waals surface area contributed by atoms with Gasteiger partial charge < -0.3 is 10.6 Å². The molecule has 2 amide bonds. The highest BCUT2D eigenvalue weighted by molar-refractivity contribution is 6.31. The number of halogens is 1. The summed E-state index contributed by atoms with van der Waals surface area (Å²) in [6.45, 7) is 3.47. The van der Waals surface area contributed by atoms with Gasteiger partial charge in [0.25, 0.3) is 5.91 Å². The molecule has 0 saturated heterocycles. The highest BCUT2D eigenvalue weighted by atomic mass is 35.5. The molecule has 152 valence electrons. The summed E-state index contributed by atoms with van der Waals surface area (Å²) < 4.78 is 0. The van der Waals surface area contributed by atoms with Crippen LogP contribution in [0.15, 0.2) is 91.6 Å². The third kappa shape index (κ3) is 4.63. The van der Waals surface area contributed by atoms with Gasteiger partial charge in [-0.15, -0.1) is 0 Å². The number of amides is 2. The predicted molar refractivity (Wildman–Crippen MR) is 125 cm³/mol. The maximum Gasteiger partial charge on any atom is 0.255 e. The summed E-state index contributed by atoms with van der Waals surface area (Å²) in [5.41, 5.74) is 4.38. The van der Waals surface area contributed by atoms with Crippen LogP contribution < -0.4 is 10.6 Å². The average molecular weight is 428 g/mol. The molecule has 4 rings (SSSR count). The second-order valence-corrected chi connectivity index (χ2v) is 7.27. The second-order valence-electron chi connectivity index (χ2n) is 6.83. The van der Waals surface area contributed by atoms with Crippen molar-refractivity contribution in [2.24, 2.45) is 0 Å². The van der Waals surface area contributed by atoms with Crippen molar-refractivity contribution in [2.75, 3.05) is 10.6 Å². The zero-order valence-electron chi connectivity index (χ0n) is 16.4. The third-order valence-electron chi connectivity index (χ3n) is 4.73. The van der Waals surface area contributed by atoms with Crippen LogP contribution in [-0.2, 0) is 4.79 Å². The first-order chi connectivity index (χ1) is 15.0. The largest absolute Gasteiger partial charge is 0.323 e. The minimum absolute atomic E-state index is 0.255. The Kier molecular flexibility index (Phi) is 5.78. The molecule has 1 aromatic heterocycles. The van der Waals surface area contributed by atoms with Crippen molar-refractivity contribution < 1.29 is 9.59 Å². The van der Waals surface area contributed by atoms with Gasteiger partial charge in [0.1, 0.15) is 0 Å². The van der Waals surface area contributed by atoms with Gasteiger partial charge in [0.15, 0.2) is 0 Å². The van der Waals surface area contributed by atoms with E-state index in [4.69, 9.17) is 11.6 Å². The van der Waals surface area contributed by atoms with Crippen LogP contribution in [0.2, 0.25) is 5.02 Å². The van der Waals surface area contributed by atoms with Crippen LogP contribution in [0, 0.1) is 0 Å². The molecule has 0 fully saturated rings. The van der Waals surface area contributed by atoms with Crippen molar-refractivity contribution in [3.05, 3.63) is 102 Å². The van der Waals surface area contributed by atoms with E-state index in [9.17, 15) is 9.59 Å². The molecule has 0 unspecified atom stereocenters. The number of nitrogens with one attached hydrogen (secondary N) is 2. The molecule has 6 heteroatoms. The Morgan fingerprint density at radius 3 is 2.52 bits per heavy atom. The van der Waals surface area contributed by atoms with E-state index in [-0.39, 0.29) is 11.8 Å². The molecule has 0 radical (unpaired) electrons. The van der Waals surface area contributed by atoms with Gasteiger partial charge in [-0.25, -0.2) is 0 Å². The van der Waals surface area contributed by atoms with Crippen molar-refractivity contribution in [1.82, 2.24) is 4.98 Å². The van der Waals surface area contributed by atoms with Crippen LogP contribution in [-0.4, -0.2) is 16.8 Å². The molecule has 0 aliphatic carbocycles. The van der Waals surface area contributed by atoms with Gasteiger partial charge in [-0.1, -0.05) is 42.4 Å². The summed E-state index contributed by atoms with van der Waals surface area (Å²) in [6, 6.07) is 21.9. The van der Waals surface area contributed by atoms with E-state index in [1.807, 2.05) is 42.5 Å². The molecular formula is C25H18ClN3O2. The standard InChI is InChI=1S/C25H18ClN3O2/c1-2-24(30)28-20-8-4-5-16(14-20)17-9-10-22-21(15-17)23(11-12-27-22)29-25(31)18-6-3-7-19(26)13-18/h2-15H,1H2,(H,28,30)(H,27,29,31). The normalized spacial score (nSPS) is 10.5. The fourth-order valence-corrected chi connectivity index (χ4v) is 3.42. The van der Waals surface area contributed by atoms with Crippen LogP contribution in [0.5, 0.6) is 0 Å². The van der Waals surface area contributed by atoms with Gasteiger partial charge in [0.2, 0.25) is 5.91 Å². The Morgan fingerprint density at radius 1 is 0.903 bits per heavy atom. The third-order valence-corrected chi connectivity index (χ3v) is 4.96. The molecule has 4 aromatic rings. The molecule has 0 spiro atoms. The molecule has 5 nitrogen and oxygen atoms in total. The molecule has 1 heterocycles. The molecule has 0 aliphatic rings. The van der Waals surface area contributed by atoms with Crippen molar-refractivity contribution in [1.29, 1.82) is 0 Å². The number of rotatable bonds is 5. The molecule has 0 aliphatic heterocycles. The number of benzene rings is 3. The first-order valence-corrected chi connectivity index (χ1v) is 9.91. The molecular weight excluding hydrogens is 410 g/mol. The highest BCUT2D eigenvalue weighted by Gasteiger charge is 2.11. The van der Waals surface area contributed by atoms with E-state index < -0.39 is 0 Å². The molecule has 0 saturated carbocycles. The number of carbonyl (C=O) groups excluding carboxylic acids is 2. The Balaban J connectivity index is 1.69. The van der Waals surface area contributed by atoms with Crippen molar-refractivity contribution in [3.63, 3.8) is 0 Å². The molecule has 3 aromatic carbocycles. The quantitative estimate of drug-likeness (QED) is 0.387. The highest BCUT2D eigenvalue weighted by Crippen LogP contribution is 2.29. The fourth-order valence-electron chi connectivity index (χ4n) is 3.23. The number of pyridine rings is 1. The number of aromatic nitrogens is 1. The Labute approximate surface area is 184 Å². The number of fused-ring (bicyclic) bond motifs is 1. The lowest BCUT2D eigenvalue weighted by molar-refractivity contribution is -0.111. The fraction of sp³-hybridized carbons (Fsp3) is 0. The summed E-state index contributed by atoms with van der Waals surface area (Å²) in [5, 5.41) is 7.01. The number of hydrogen-bond acceptors (Lipinski definition) is 3. The van der Waals surface area contributed by atoms with Gasteiger partial charge in [-0.3, -0.25) is 14.6 Å². The Bertz CT molecular complexity index is 1320. The lowest BCUT2D eigenvalue weighted by atomic mass is 10.0. The van der Waals surface area contributed by atoms with Crippen LogP contribution in [0.1, 0.15) is 10.4 Å². The van der Waals surface area contributed by atoms with Crippen molar-refractivity contribution in [3.8, 4) is 11.1 Å². The summed E-state index contributed by atoms with van der Waals surface area (Å²) >= 11 is 6.01. The Morgan fingerprint density at radius 2 is 1.71 bits per heavy atom. The molecule has 31 heavy (non-hydrogen) atoms. The lowest BCUT2D eigenvalue weighted by Gasteiger charge is -2.11. The van der Waals surface area contributed by atoms with Gasteiger partial charge >= 0.3 is 0 Å². The maximum atomic E-state index is 12.7. The summed E-state index contributed by atoms with van der Waals surface area (Å²) in [7, 11) is 0. The van der Waals surface area contributed by atoms with Crippen molar-refractivity contribution in [2.45, 2.75) is 0 Å². The minimum atomic E-state index is -0.272. The Hall–Kier alpha value is -3.96. The van der Waals surface area contributed by atoms with Crippen LogP contribution in [0.3, 0.4) is 0 Å². The van der Waals surface area contributed by atoms with Crippen LogP contribution in [0.4, 0.5) is 11.4 Å². The maximum absolute atomic E-state index is 12.7. The first-order valence-electron chi connectivity index (χ1n) is 9.53.